The quantitative estimate of drug-likeness (QED) is 0.884. The van der Waals surface area contributed by atoms with Gasteiger partial charge in [0.25, 0.3) is 11.5 Å². The molecule has 1 N–H and O–H groups in total. The summed E-state index contributed by atoms with van der Waals surface area (Å²) in [6.07, 6.45) is 2.80. The average molecular weight is 343 g/mol. The number of anilines is 1. The van der Waals surface area contributed by atoms with Crippen molar-refractivity contribution in [1.82, 2.24) is 19.4 Å². The standard InChI is InChI=1S/C17H21N5O3/c1-11-4-5-12(16(23)21(11)3)17(24)22-8-9-25-13(10-22)14-15(18-2)20-7-6-19-14/h4-7,13H,8-10H2,1-3H3,(H,18,20). The van der Waals surface area contributed by atoms with E-state index in [0.29, 0.717) is 31.2 Å². The third kappa shape index (κ3) is 3.25. The first-order valence-electron chi connectivity index (χ1n) is 8.09. The Morgan fingerprint density at radius 2 is 2.08 bits per heavy atom. The summed E-state index contributed by atoms with van der Waals surface area (Å²) >= 11 is 0. The molecule has 8 nitrogen and oxygen atoms in total. The third-order valence-electron chi connectivity index (χ3n) is 4.41. The summed E-state index contributed by atoms with van der Waals surface area (Å²) < 4.78 is 7.26. The fraction of sp³-hybridized carbons (Fsp3) is 0.412. The molecule has 1 unspecified atom stereocenters. The SMILES string of the molecule is CNc1nccnc1C1CN(C(=O)c2ccc(C)n(C)c2=O)CCO1. The molecule has 3 heterocycles. The number of morpholine rings is 1. The van der Waals surface area contributed by atoms with Crippen molar-refractivity contribution in [2.75, 3.05) is 32.1 Å². The molecule has 1 saturated heterocycles. The van der Waals surface area contributed by atoms with E-state index < -0.39 is 0 Å². The van der Waals surface area contributed by atoms with Crippen LogP contribution < -0.4 is 10.9 Å². The van der Waals surface area contributed by atoms with E-state index in [1.54, 1.807) is 43.5 Å². The van der Waals surface area contributed by atoms with Crippen molar-refractivity contribution >= 4 is 11.7 Å². The molecule has 1 amide bonds. The van der Waals surface area contributed by atoms with Crippen LogP contribution in [0.25, 0.3) is 0 Å². The van der Waals surface area contributed by atoms with Gasteiger partial charge in [-0.1, -0.05) is 0 Å². The summed E-state index contributed by atoms with van der Waals surface area (Å²) in [4.78, 5) is 35.4. The monoisotopic (exact) mass is 343 g/mol. The number of carbonyl (C=O) groups excluding carboxylic acids is 1. The average Bonchev–Trinajstić information content (AvgIpc) is 2.66. The predicted octanol–water partition coefficient (Wildman–Crippen LogP) is 0.739. The van der Waals surface area contributed by atoms with E-state index in [1.165, 1.54) is 4.57 Å². The maximum absolute atomic E-state index is 12.8. The van der Waals surface area contributed by atoms with E-state index in [1.807, 2.05) is 6.92 Å². The van der Waals surface area contributed by atoms with Crippen LogP contribution in [0.5, 0.6) is 0 Å². The van der Waals surface area contributed by atoms with Crippen LogP contribution in [-0.2, 0) is 11.8 Å². The molecule has 1 aliphatic heterocycles. The predicted molar refractivity (Wildman–Crippen MR) is 92.6 cm³/mol. The zero-order valence-corrected chi connectivity index (χ0v) is 14.5. The van der Waals surface area contributed by atoms with Crippen molar-refractivity contribution in [3.05, 3.63) is 51.8 Å². The van der Waals surface area contributed by atoms with Gasteiger partial charge in [0, 0.05) is 38.7 Å². The van der Waals surface area contributed by atoms with Gasteiger partial charge >= 0.3 is 0 Å². The molecule has 1 aliphatic rings. The summed E-state index contributed by atoms with van der Waals surface area (Å²) in [6.45, 7) is 2.96. The molecular weight excluding hydrogens is 322 g/mol. The molecule has 3 rings (SSSR count). The lowest BCUT2D eigenvalue weighted by Crippen LogP contribution is -2.44. The van der Waals surface area contributed by atoms with E-state index >= 15 is 0 Å². The van der Waals surface area contributed by atoms with Crippen molar-refractivity contribution in [3.8, 4) is 0 Å². The van der Waals surface area contributed by atoms with Gasteiger partial charge in [-0.25, -0.2) is 4.98 Å². The van der Waals surface area contributed by atoms with Crippen LogP contribution in [0.15, 0.2) is 29.3 Å². The number of nitrogens with one attached hydrogen (secondary N) is 1. The van der Waals surface area contributed by atoms with Crippen molar-refractivity contribution < 1.29 is 9.53 Å². The zero-order valence-electron chi connectivity index (χ0n) is 14.5. The fourth-order valence-corrected chi connectivity index (χ4v) is 2.84. The number of hydrogen-bond acceptors (Lipinski definition) is 6. The summed E-state index contributed by atoms with van der Waals surface area (Å²) in [5.74, 6) is 0.330. The fourth-order valence-electron chi connectivity index (χ4n) is 2.84. The van der Waals surface area contributed by atoms with Crippen molar-refractivity contribution in [3.63, 3.8) is 0 Å². The molecule has 0 spiro atoms. The first-order chi connectivity index (χ1) is 12.0. The summed E-state index contributed by atoms with van der Waals surface area (Å²) in [5.41, 5.74) is 1.34. The van der Waals surface area contributed by atoms with Gasteiger partial charge < -0.3 is 19.5 Å². The summed E-state index contributed by atoms with van der Waals surface area (Å²) in [6, 6.07) is 3.36. The van der Waals surface area contributed by atoms with Crippen molar-refractivity contribution in [2.45, 2.75) is 13.0 Å². The van der Waals surface area contributed by atoms with E-state index in [9.17, 15) is 9.59 Å². The van der Waals surface area contributed by atoms with Crippen LogP contribution >= 0.6 is 0 Å². The highest BCUT2D eigenvalue weighted by atomic mass is 16.5. The number of rotatable bonds is 3. The highest BCUT2D eigenvalue weighted by molar-refractivity contribution is 5.94. The Bertz CT molecular complexity index is 848. The first kappa shape index (κ1) is 17.1. The molecule has 0 aromatic carbocycles. The topological polar surface area (TPSA) is 89.4 Å². The van der Waals surface area contributed by atoms with Crippen molar-refractivity contribution in [2.24, 2.45) is 7.05 Å². The largest absolute Gasteiger partial charge is 0.372 e. The second kappa shape index (κ2) is 7.02. The smallest absolute Gasteiger partial charge is 0.263 e. The van der Waals surface area contributed by atoms with Crippen LogP contribution in [-0.4, -0.2) is 52.1 Å². The molecule has 0 radical (unpaired) electrons. The molecular formula is C17H21N5O3. The third-order valence-corrected chi connectivity index (χ3v) is 4.41. The van der Waals surface area contributed by atoms with E-state index in [2.05, 4.69) is 15.3 Å². The van der Waals surface area contributed by atoms with Gasteiger partial charge in [0.1, 0.15) is 23.2 Å². The Balaban J connectivity index is 1.85. The minimum absolute atomic E-state index is 0.168. The minimum atomic E-state index is -0.386. The maximum atomic E-state index is 12.8. The van der Waals surface area contributed by atoms with Crippen LogP contribution in [0.1, 0.15) is 27.8 Å². The molecule has 0 saturated carbocycles. The van der Waals surface area contributed by atoms with Crippen LogP contribution in [0.2, 0.25) is 0 Å². The first-order valence-corrected chi connectivity index (χ1v) is 8.09. The zero-order chi connectivity index (χ0) is 18.0. The molecule has 0 aliphatic carbocycles. The van der Waals surface area contributed by atoms with Gasteiger partial charge in [-0.15, -0.1) is 0 Å². The lowest BCUT2D eigenvalue weighted by Gasteiger charge is -2.33. The Morgan fingerprint density at radius 3 is 2.84 bits per heavy atom. The number of hydrogen-bond donors (Lipinski definition) is 1. The highest BCUT2D eigenvalue weighted by Crippen LogP contribution is 2.25. The van der Waals surface area contributed by atoms with Gasteiger partial charge in [0.2, 0.25) is 0 Å². The summed E-state index contributed by atoms with van der Waals surface area (Å²) in [7, 11) is 3.42. The molecule has 2 aromatic rings. The Kier molecular flexibility index (Phi) is 4.80. The number of amides is 1. The number of aryl methyl sites for hydroxylation is 1. The Hall–Kier alpha value is -2.74. The van der Waals surface area contributed by atoms with E-state index in [4.69, 9.17) is 4.74 Å². The second-order valence-corrected chi connectivity index (χ2v) is 5.90. The van der Waals surface area contributed by atoms with Gasteiger partial charge in [-0.3, -0.25) is 14.6 Å². The van der Waals surface area contributed by atoms with Gasteiger partial charge in [0.05, 0.1) is 13.2 Å². The van der Waals surface area contributed by atoms with Gasteiger partial charge in [-0.2, -0.15) is 0 Å². The van der Waals surface area contributed by atoms with Gasteiger partial charge in [0.15, 0.2) is 0 Å². The summed E-state index contributed by atoms with van der Waals surface area (Å²) in [5, 5.41) is 2.98. The number of pyridine rings is 1. The Morgan fingerprint density at radius 1 is 1.32 bits per heavy atom. The van der Waals surface area contributed by atoms with Crippen LogP contribution in [0.4, 0.5) is 5.82 Å². The highest BCUT2D eigenvalue weighted by Gasteiger charge is 2.30. The molecule has 2 aromatic heterocycles. The lowest BCUT2D eigenvalue weighted by molar-refractivity contribution is -0.0246. The Labute approximate surface area is 145 Å². The van der Waals surface area contributed by atoms with Crippen LogP contribution in [0, 0.1) is 6.92 Å². The van der Waals surface area contributed by atoms with Crippen molar-refractivity contribution in [1.29, 1.82) is 0 Å². The molecule has 1 atom stereocenters. The molecule has 132 valence electrons. The second-order valence-electron chi connectivity index (χ2n) is 5.90. The lowest BCUT2D eigenvalue weighted by atomic mass is 10.1. The maximum Gasteiger partial charge on any atom is 0.263 e. The number of aromatic nitrogens is 3. The van der Waals surface area contributed by atoms with E-state index in [0.717, 1.165) is 5.69 Å². The molecule has 25 heavy (non-hydrogen) atoms. The number of ether oxygens (including phenoxy) is 1. The van der Waals surface area contributed by atoms with Crippen LogP contribution in [0.3, 0.4) is 0 Å². The molecule has 8 heteroatoms. The molecule has 1 fully saturated rings. The number of nitrogens with zero attached hydrogens (tertiary/aromatic N) is 4. The van der Waals surface area contributed by atoms with E-state index in [-0.39, 0.29) is 23.1 Å². The molecule has 0 bridgehead atoms. The number of carbonyl (C=O) groups is 1. The van der Waals surface area contributed by atoms with Gasteiger partial charge in [-0.05, 0) is 19.1 Å². The normalized spacial score (nSPS) is 17.4. The minimum Gasteiger partial charge on any atom is -0.372 e.